The predicted molar refractivity (Wildman–Crippen MR) is 118 cm³/mol. The van der Waals surface area contributed by atoms with E-state index in [1.165, 1.54) is 21.8 Å². The van der Waals surface area contributed by atoms with Crippen LogP contribution < -0.4 is 10.2 Å². The average Bonchev–Trinajstić information content (AvgIpc) is 3.43. The summed E-state index contributed by atoms with van der Waals surface area (Å²) < 4.78 is 33.9. The van der Waals surface area contributed by atoms with Gasteiger partial charge in [0.15, 0.2) is 0 Å². The summed E-state index contributed by atoms with van der Waals surface area (Å²) in [5, 5.41) is 20.1. The Morgan fingerprint density at radius 1 is 1.21 bits per heavy atom. The fourth-order valence-corrected chi connectivity index (χ4v) is 3.71. The van der Waals surface area contributed by atoms with E-state index in [9.17, 15) is 18.7 Å². The number of nitrogens with zero attached hydrogens (tertiary/aromatic N) is 4. The molecule has 0 saturated carbocycles. The number of amides is 1. The summed E-state index contributed by atoms with van der Waals surface area (Å²) in [7, 11) is 0. The van der Waals surface area contributed by atoms with Gasteiger partial charge in [-0.15, -0.1) is 5.10 Å². The molecule has 0 bridgehead atoms. The molecule has 1 atom stereocenters. The van der Waals surface area contributed by atoms with Gasteiger partial charge in [0.2, 0.25) is 0 Å². The predicted octanol–water partition coefficient (Wildman–Crippen LogP) is 3.05. The minimum atomic E-state index is -0.567. The number of halogens is 2. The number of benzene rings is 2. The Morgan fingerprint density at radius 2 is 2.03 bits per heavy atom. The molecule has 1 aromatic heterocycles. The van der Waals surface area contributed by atoms with Gasteiger partial charge in [0, 0.05) is 12.1 Å². The van der Waals surface area contributed by atoms with Crippen LogP contribution in [0.1, 0.15) is 17.7 Å². The SMILES string of the molecule is O=C1OC(Cn2nncc2CO)CN1c1ccc(-c2ccc(CNCCCF)cc2)c(F)c1. The highest BCUT2D eigenvalue weighted by Crippen LogP contribution is 2.29. The van der Waals surface area contributed by atoms with Gasteiger partial charge in [-0.2, -0.15) is 0 Å². The molecule has 2 aromatic carbocycles. The number of rotatable bonds is 10. The molecule has 1 unspecified atom stereocenters. The Morgan fingerprint density at radius 3 is 2.76 bits per heavy atom. The molecule has 0 spiro atoms. The van der Waals surface area contributed by atoms with Crippen LogP contribution in [-0.2, 0) is 24.4 Å². The fourth-order valence-electron chi connectivity index (χ4n) is 3.71. The van der Waals surface area contributed by atoms with Gasteiger partial charge in [0.1, 0.15) is 11.9 Å². The molecule has 0 radical (unpaired) electrons. The molecule has 1 saturated heterocycles. The zero-order chi connectivity index (χ0) is 23.2. The highest BCUT2D eigenvalue weighted by molar-refractivity contribution is 5.90. The first-order valence-electron chi connectivity index (χ1n) is 10.7. The summed E-state index contributed by atoms with van der Waals surface area (Å²) in [6, 6.07) is 12.1. The highest BCUT2D eigenvalue weighted by atomic mass is 19.1. The molecule has 174 valence electrons. The monoisotopic (exact) mass is 457 g/mol. The number of carbonyl (C=O) groups is 1. The Bertz CT molecular complexity index is 1090. The quantitative estimate of drug-likeness (QED) is 0.455. The minimum Gasteiger partial charge on any atom is -0.442 e. The number of hydrogen-bond donors (Lipinski definition) is 2. The van der Waals surface area contributed by atoms with Crippen LogP contribution in [0.2, 0.25) is 0 Å². The number of carbonyl (C=O) groups excluding carboxylic acids is 1. The molecule has 2 heterocycles. The van der Waals surface area contributed by atoms with Crippen LogP contribution in [0, 0.1) is 5.82 Å². The zero-order valence-corrected chi connectivity index (χ0v) is 18.0. The second-order valence-corrected chi connectivity index (χ2v) is 7.76. The van der Waals surface area contributed by atoms with Gasteiger partial charge in [-0.05, 0) is 42.3 Å². The Labute approximate surface area is 189 Å². The van der Waals surface area contributed by atoms with Crippen molar-refractivity contribution in [3.05, 3.63) is 65.7 Å². The highest BCUT2D eigenvalue weighted by Gasteiger charge is 2.33. The van der Waals surface area contributed by atoms with Crippen LogP contribution in [0.15, 0.2) is 48.7 Å². The maximum absolute atomic E-state index is 14.9. The summed E-state index contributed by atoms with van der Waals surface area (Å²) in [6.07, 6.45) is 0.851. The lowest BCUT2D eigenvalue weighted by Crippen LogP contribution is -2.26. The number of hydrogen-bond acceptors (Lipinski definition) is 6. The largest absolute Gasteiger partial charge is 0.442 e. The van der Waals surface area contributed by atoms with Crippen molar-refractivity contribution in [3.8, 4) is 11.1 Å². The lowest BCUT2D eigenvalue weighted by atomic mass is 10.0. The van der Waals surface area contributed by atoms with Crippen molar-refractivity contribution in [3.63, 3.8) is 0 Å². The summed E-state index contributed by atoms with van der Waals surface area (Å²) in [5.74, 6) is -0.448. The topological polar surface area (TPSA) is 92.5 Å². The zero-order valence-electron chi connectivity index (χ0n) is 18.0. The molecule has 1 fully saturated rings. The van der Waals surface area contributed by atoms with Crippen LogP contribution in [-0.4, -0.2) is 52.1 Å². The van der Waals surface area contributed by atoms with E-state index in [1.807, 2.05) is 24.3 Å². The van der Waals surface area contributed by atoms with E-state index in [1.54, 1.807) is 12.1 Å². The summed E-state index contributed by atoms with van der Waals surface area (Å²) in [6.45, 7) is 1.13. The minimum absolute atomic E-state index is 0.222. The Kier molecular flexibility index (Phi) is 7.26. The van der Waals surface area contributed by atoms with Crippen molar-refractivity contribution in [2.24, 2.45) is 0 Å². The second kappa shape index (κ2) is 10.5. The van der Waals surface area contributed by atoms with Gasteiger partial charge < -0.3 is 15.2 Å². The number of nitrogens with one attached hydrogen (secondary N) is 1. The van der Waals surface area contributed by atoms with Gasteiger partial charge in [-0.1, -0.05) is 29.5 Å². The van der Waals surface area contributed by atoms with Crippen LogP contribution in [0.4, 0.5) is 19.3 Å². The van der Waals surface area contributed by atoms with E-state index >= 15 is 0 Å². The molecule has 33 heavy (non-hydrogen) atoms. The molecular weight excluding hydrogens is 432 g/mol. The van der Waals surface area contributed by atoms with Crippen molar-refractivity contribution >= 4 is 11.8 Å². The molecule has 1 aliphatic rings. The number of aliphatic hydroxyl groups is 1. The molecular formula is C23H25F2N5O3. The standard InChI is InChI=1S/C23H25F2N5O3/c24-8-1-9-26-11-16-2-4-17(5-3-16)21-7-6-18(10-22(21)25)29-13-20(33-23(29)32)14-30-19(15-31)12-27-28-30/h2-7,10,12,20,26,31H,1,8-9,11,13-15H2. The Hall–Kier alpha value is -3.37. The van der Waals surface area contributed by atoms with E-state index in [0.29, 0.717) is 36.5 Å². The summed E-state index contributed by atoms with van der Waals surface area (Å²) in [5.41, 5.74) is 3.09. The summed E-state index contributed by atoms with van der Waals surface area (Å²) in [4.78, 5) is 13.7. The lowest BCUT2D eigenvalue weighted by Gasteiger charge is -2.15. The third-order valence-corrected chi connectivity index (χ3v) is 5.46. The van der Waals surface area contributed by atoms with Gasteiger partial charge in [-0.3, -0.25) is 9.29 Å². The average molecular weight is 457 g/mol. The molecule has 4 rings (SSSR count). The molecule has 0 aliphatic carbocycles. The molecule has 8 nitrogen and oxygen atoms in total. The Balaban J connectivity index is 1.41. The molecule has 10 heteroatoms. The first-order valence-corrected chi connectivity index (χ1v) is 10.7. The first kappa shape index (κ1) is 22.8. The van der Waals surface area contributed by atoms with E-state index in [2.05, 4.69) is 15.6 Å². The first-order chi connectivity index (χ1) is 16.1. The van der Waals surface area contributed by atoms with Crippen LogP contribution >= 0.6 is 0 Å². The van der Waals surface area contributed by atoms with Gasteiger partial charge in [-0.25, -0.2) is 13.9 Å². The number of cyclic esters (lactones) is 1. The van der Waals surface area contributed by atoms with Crippen LogP contribution in [0.3, 0.4) is 0 Å². The van der Waals surface area contributed by atoms with E-state index < -0.39 is 18.0 Å². The van der Waals surface area contributed by atoms with Crippen molar-refractivity contribution in [2.75, 3.05) is 24.7 Å². The smallest absolute Gasteiger partial charge is 0.414 e. The number of aliphatic hydroxyl groups excluding tert-OH is 1. The number of alkyl halides is 1. The van der Waals surface area contributed by atoms with Gasteiger partial charge in [0.25, 0.3) is 0 Å². The van der Waals surface area contributed by atoms with Crippen LogP contribution in [0.25, 0.3) is 11.1 Å². The molecule has 1 amide bonds. The van der Waals surface area contributed by atoms with Crippen molar-refractivity contribution in [1.29, 1.82) is 0 Å². The molecule has 1 aliphatic heterocycles. The lowest BCUT2D eigenvalue weighted by molar-refractivity contribution is 0.127. The normalized spacial score (nSPS) is 15.8. The maximum atomic E-state index is 14.9. The molecule has 3 aromatic rings. The van der Waals surface area contributed by atoms with Crippen molar-refractivity contribution < 1.29 is 23.4 Å². The molecule has 2 N–H and O–H groups in total. The van der Waals surface area contributed by atoms with Gasteiger partial charge in [0.05, 0.1) is 43.9 Å². The van der Waals surface area contributed by atoms with Crippen LogP contribution in [0.5, 0.6) is 0 Å². The van der Waals surface area contributed by atoms with Gasteiger partial charge >= 0.3 is 6.09 Å². The van der Waals surface area contributed by atoms with E-state index in [0.717, 1.165) is 11.1 Å². The fraction of sp³-hybridized carbons (Fsp3) is 0.348. The third kappa shape index (κ3) is 5.35. The van der Waals surface area contributed by atoms with E-state index in [-0.39, 0.29) is 26.4 Å². The summed E-state index contributed by atoms with van der Waals surface area (Å²) >= 11 is 0. The third-order valence-electron chi connectivity index (χ3n) is 5.46. The maximum Gasteiger partial charge on any atom is 0.414 e. The second-order valence-electron chi connectivity index (χ2n) is 7.76. The van der Waals surface area contributed by atoms with Crippen molar-refractivity contribution in [1.82, 2.24) is 20.3 Å². The number of aromatic nitrogens is 3. The van der Waals surface area contributed by atoms with E-state index in [4.69, 9.17) is 4.74 Å². The number of anilines is 1. The van der Waals surface area contributed by atoms with Crippen molar-refractivity contribution in [2.45, 2.75) is 32.2 Å². The number of ether oxygens (including phenoxy) is 1.